The SMILES string of the molecule is C.COc1ccccc1CCCCC(=O)Nc1cc(C2CCNCC2)ccc1F. The summed E-state index contributed by atoms with van der Waals surface area (Å²) in [7, 11) is 1.67. The maximum Gasteiger partial charge on any atom is 0.224 e. The van der Waals surface area contributed by atoms with E-state index in [9.17, 15) is 9.18 Å². The van der Waals surface area contributed by atoms with Crippen molar-refractivity contribution in [1.29, 1.82) is 0 Å². The molecule has 3 rings (SSSR count). The van der Waals surface area contributed by atoms with Crippen LogP contribution in [0.3, 0.4) is 0 Å². The number of hydrogen-bond donors (Lipinski definition) is 2. The Morgan fingerprint density at radius 1 is 1.17 bits per heavy atom. The Morgan fingerprint density at radius 3 is 2.69 bits per heavy atom. The van der Waals surface area contributed by atoms with Crippen LogP contribution in [0.25, 0.3) is 0 Å². The molecule has 1 amide bonds. The van der Waals surface area contributed by atoms with Gasteiger partial charge in [0.2, 0.25) is 5.91 Å². The summed E-state index contributed by atoms with van der Waals surface area (Å²) in [4.78, 5) is 12.3. The molecule has 1 aliphatic heterocycles. The summed E-state index contributed by atoms with van der Waals surface area (Å²) in [5.41, 5.74) is 2.55. The van der Waals surface area contributed by atoms with Gasteiger partial charge in [-0.05, 0) is 80.4 Å². The number of halogens is 1. The second-order valence-corrected chi connectivity index (χ2v) is 7.33. The molecule has 29 heavy (non-hydrogen) atoms. The Hall–Kier alpha value is -2.40. The molecule has 0 unspecified atom stereocenters. The zero-order valence-corrected chi connectivity index (χ0v) is 16.5. The summed E-state index contributed by atoms with van der Waals surface area (Å²) in [6, 6.07) is 13.0. The van der Waals surface area contributed by atoms with E-state index in [-0.39, 0.29) is 19.2 Å². The quantitative estimate of drug-likeness (QED) is 0.592. The van der Waals surface area contributed by atoms with Gasteiger partial charge in [-0.15, -0.1) is 0 Å². The fourth-order valence-electron chi connectivity index (χ4n) is 3.77. The number of unbranched alkanes of at least 4 members (excludes halogenated alkanes) is 1. The Bertz CT molecular complexity index is 788. The van der Waals surface area contributed by atoms with Gasteiger partial charge in [-0.2, -0.15) is 0 Å². The van der Waals surface area contributed by atoms with Crippen LogP contribution in [0.5, 0.6) is 5.75 Å². The summed E-state index contributed by atoms with van der Waals surface area (Å²) in [5, 5.41) is 6.10. The predicted molar refractivity (Wildman–Crippen MR) is 117 cm³/mol. The molecule has 1 saturated heterocycles. The molecule has 2 aromatic rings. The van der Waals surface area contributed by atoms with E-state index in [1.807, 2.05) is 30.3 Å². The monoisotopic (exact) mass is 400 g/mol. The summed E-state index contributed by atoms with van der Waals surface area (Å²) >= 11 is 0. The molecule has 5 heteroatoms. The van der Waals surface area contributed by atoms with E-state index in [4.69, 9.17) is 4.74 Å². The van der Waals surface area contributed by atoms with Gasteiger partial charge in [-0.25, -0.2) is 4.39 Å². The summed E-state index contributed by atoms with van der Waals surface area (Å²) in [5.74, 6) is 0.795. The fraction of sp³-hybridized carbons (Fsp3) is 0.458. The maximum absolute atomic E-state index is 14.1. The first-order chi connectivity index (χ1) is 13.7. The lowest BCUT2D eigenvalue weighted by Gasteiger charge is -2.23. The third-order valence-electron chi connectivity index (χ3n) is 5.37. The highest BCUT2D eigenvalue weighted by atomic mass is 19.1. The minimum absolute atomic E-state index is 0. The average molecular weight is 401 g/mol. The second kappa shape index (κ2) is 11.6. The van der Waals surface area contributed by atoms with Crippen LogP contribution in [-0.2, 0) is 11.2 Å². The van der Waals surface area contributed by atoms with E-state index < -0.39 is 0 Å². The van der Waals surface area contributed by atoms with Crippen molar-refractivity contribution in [2.24, 2.45) is 0 Å². The molecule has 0 atom stereocenters. The van der Waals surface area contributed by atoms with Crippen molar-refractivity contribution >= 4 is 11.6 Å². The van der Waals surface area contributed by atoms with E-state index in [1.54, 1.807) is 13.2 Å². The molecule has 0 radical (unpaired) electrons. The Kier molecular flexibility index (Phi) is 9.13. The molecule has 158 valence electrons. The first-order valence-electron chi connectivity index (χ1n) is 10.1. The first-order valence-corrected chi connectivity index (χ1v) is 10.1. The lowest BCUT2D eigenvalue weighted by atomic mass is 9.90. The average Bonchev–Trinajstić information content (AvgIpc) is 2.73. The molecule has 2 aromatic carbocycles. The van der Waals surface area contributed by atoms with Crippen molar-refractivity contribution in [1.82, 2.24) is 5.32 Å². The van der Waals surface area contributed by atoms with E-state index in [1.165, 1.54) is 6.07 Å². The van der Waals surface area contributed by atoms with Crippen LogP contribution in [0.4, 0.5) is 10.1 Å². The minimum Gasteiger partial charge on any atom is -0.496 e. The Labute approximate surface area is 173 Å². The first kappa shape index (κ1) is 22.9. The van der Waals surface area contributed by atoms with Gasteiger partial charge in [0.25, 0.3) is 0 Å². The van der Waals surface area contributed by atoms with E-state index in [0.717, 1.165) is 62.1 Å². The number of amides is 1. The van der Waals surface area contributed by atoms with Gasteiger partial charge in [0.1, 0.15) is 11.6 Å². The predicted octanol–water partition coefficient (Wildman–Crippen LogP) is 5.29. The molecule has 0 aliphatic carbocycles. The number of rotatable bonds is 8. The maximum atomic E-state index is 14.1. The highest BCUT2D eigenvalue weighted by Gasteiger charge is 2.17. The van der Waals surface area contributed by atoms with Crippen molar-refractivity contribution in [3.8, 4) is 5.75 Å². The summed E-state index contributed by atoms with van der Waals surface area (Å²) in [6.45, 7) is 1.96. The van der Waals surface area contributed by atoms with Crippen molar-refractivity contribution < 1.29 is 13.9 Å². The third kappa shape index (κ3) is 6.57. The molecule has 1 heterocycles. The summed E-state index contributed by atoms with van der Waals surface area (Å²) in [6.07, 6.45) is 4.96. The van der Waals surface area contributed by atoms with Gasteiger partial charge in [0, 0.05) is 6.42 Å². The van der Waals surface area contributed by atoms with Gasteiger partial charge >= 0.3 is 0 Å². The number of methoxy groups -OCH3 is 1. The Morgan fingerprint density at radius 2 is 1.93 bits per heavy atom. The van der Waals surface area contributed by atoms with Crippen LogP contribution in [0.2, 0.25) is 0 Å². The number of nitrogens with one attached hydrogen (secondary N) is 2. The van der Waals surface area contributed by atoms with Gasteiger partial charge in [-0.3, -0.25) is 4.79 Å². The minimum atomic E-state index is -0.375. The van der Waals surface area contributed by atoms with E-state index in [0.29, 0.717) is 18.0 Å². The van der Waals surface area contributed by atoms with Gasteiger partial charge in [-0.1, -0.05) is 31.7 Å². The number of para-hydroxylation sites is 1. The molecule has 0 saturated carbocycles. The largest absolute Gasteiger partial charge is 0.496 e. The van der Waals surface area contributed by atoms with Crippen LogP contribution >= 0.6 is 0 Å². The van der Waals surface area contributed by atoms with Crippen molar-refractivity contribution in [3.63, 3.8) is 0 Å². The number of carbonyl (C=O) groups excluding carboxylic acids is 1. The summed E-state index contributed by atoms with van der Waals surface area (Å²) < 4.78 is 19.5. The molecule has 0 aromatic heterocycles. The zero-order valence-electron chi connectivity index (χ0n) is 16.5. The van der Waals surface area contributed by atoms with Crippen LogP contribution < -0.4 is 15.4 Å². The smallest absolute Gasteiger partial charge is 0.224 e. The van der Waals surface area contributed by atoms with Crippen LogP contribution in [0.15, 0.2) is 42.5 Å². The number of anilines is 1. The normalized spacial score (nSPS) is 14.1. The molecule has 0 bridgehead atoms. The molecule has 2 N–H and O–H groups in total. The topological polar surface area (TPSA) is 50.4 Å². The van der Waals surface area contributed by atoms with Crippen molar-refractivity contribution in [2.45, 2.75) is 51.9 Å². The van der Waals surface area contributed by atoms with E-state index >= 15 is 0 Å². The molecular weight excluding hydrogens is 367 g/mol. The van der Waals surface area contributed by atoms with Crippen LogP contribution in [-0.4, -0.2) is 26.1 Å². The number of benzene rings is 2. The van der Waals surface area contributed by atoms with Crippen LogP contribution in [0.1, 0.15) is 56.6 Å². The lowest BCUT2D eigenvalue weighted by Crippen LogP contribution is -2.26. The molecule has 4 nitrogen and oxygen atoms in total. The zero-order chi connectivity index (χ0) is 19.8. The number of ether oxygens (including phenoxy) is 1. The number of aryl methyl sites for hydroxylation is 1. The van der Waals surface area contributed by atoms with Gasteiger partial charge in [0.05, 0.1) is 12.8 Å². The second-order valence-electron chi connectivity index (χ2n) is 7.33. The number of carbonyl (C=O) groups is 1. The fourth-order valence-corrected chi connectivity index (χ4v) is 3.77. The van der Waals surface area contributed by atoms with Gasteiger partial charge < -0.3 is 15.4 Å². The molecule has 1 aliphatic rings. The highest BCUT2D eigenvalue weighted by Crippen LogP contribution is 2.28. The third-order valence-corrected chi connectivity index (χ3v) is 5.37. The molecule has 1 fully saturated rings. The highest BCUT2D eigenvalue weighted by molar-refractivity contribution is 5.90. The van der Waals surface area contributed by atoms with Gasteiger partial charge in [0.15, 0.2) is 0 Å². The lowest BCUT2D eigenvalue weighted by molar-refractivity contribution is -0.116. The number of piperidine rings is 1. The van der Waals surface area contributed by atoms with E-state index in [2.05, 4.69) is 10.6 Å². The van der Waals surface area contributed by atoms with Crippen molar-refractivity contribution in [2.75, 3.05) is 25.5 Å². The Balaban J connectivity index is 0.00000300. The molecular formula is C24H33FN2O2. The van der Waals surface area contributed by atoms with Crippen molar-refractivity contribution in [3.05, 3.63) is 59.4 Å². The molecule has 0 spiro atoms. The van der Waals surface area contributed by atoms with Crippen LogP contribution in [0, 0.1) is 5.82 Å². The number of hydrogen-bond acceptors (Lipinski definition) is 3. The standard InChI is InChI=1S/C23H29FN2O2.CH4/c1-28-22-8-4-2-6-18(22)7-3-5-9-23(27)26-21-16-19(10-11-20(21)24)17-12-14-25-15-13-17;/h2,4,6,8,10-11,16-17,25H,3,5,7,9,12-15H2,1H3,(H,26,27);1H4.